The Bertz CT molecular complexity index is 293. The van der Waals surface area contributed by atoms with Crippen LogP contribution in [0.5, 0.6) is 0 Å². The predicted molar refractivity (Wildman–Crippen MR) is 66.1 cm³/mol. The van der Waals surface area contributed by atoms with E-state index in [1.54, 1.807) is 11.3 Å². The van der Waals surface area contributed by atoms with Crippen molar-refractivity contribution in [2.75, 3.05) is 19.7 Å². The lowest BCUT2D eigenvalue weighted by Gasteiger charge is -2.20. The minimum absolute atomic E-state index is 0.225. The molecular formula is C12H19NOS. The maximum absolute atomic E-state index is 8.99. The Balaban J connectivity index is 2.50. The Kier molecular flexibility index (Phi) is 5.61. The molecule has 0 saturated heterocycles. The molecular weight excluding hydrogens is 206 g/mol. The summed E-state index contributed by atoms with van der Waals surface area (Å²) in [5.41, 5.74) is 1.35. The van der Waals surface area contributed by atoms with Crippen LogP contribution in [-0.2, 0) is 6.54 Å². The SMILES string of the molecule is C/C=C(\C)CN(CCO)Cc1cccs1. The van der Waals surface area contributed by atoms with Crippen LogP contribution in [0.4, 0.5) is 0 Å². The molecule has 3 heteroatoms. The van der Waals surface area contributed by atoms with Crippen molar-refractivity contribution in [2.45, 2.75) is 20.4 Å². The Morgan fingerprint density at radius 1 is 1.60 bits per heavy atom. The number of nitrogens with zero attached hydrogens (tertiary/aromatic N) is 1. The van der Waals surface area contributed by atoms with E-state index in [1.165, 1.54) is 10.5 Å². The van der Waals surface area contributed by atoms with Crippen LogP contribution in [0.25, 0.3) is 0 Å². The molecule has 0 amide bonds. The molecule has 0 aliphatic heterocycles. The zero-order chi connectivity index (χ0) is 11.1. The average Bonchev–Trinajstić information content (AvgIpc) is 2.70. The summed E-state index contributed by atoms with van der Waals surface area (Å²) in [4.78, 5) is 3.62. The van der Waals surface area contributed by atoms with E-state index in [0.717, 1.165) is 19.6 Å². The van der Waals surface area contributed by atoms with Crippen molar-refractivity contribution < 1.29 is 5.11 Å². The number of aliphatic hydroxyl groups excluding tert-OH is 1. The largest absolute Gasteiger partial charge is 0.395 e. The molecule has 0 spiro atoms. The summed E-state index contributed by atoms with van der Waals surface area (Å²) < 4.78 is 0. The number of hydrogen-bond donors (Lipinski definition) is 1. The lowest BCUT2D eigenvalue weighted by atomic mass is 10.2. The summed E-state index contributed by atoms with van der Waals surface area (Å²) in [6.45, 7) is 7.01. The molecule has 1 rings (SSSR count). The molecule has 0 aliphatic rings. The second kappa shape index (κ2) is 6.77. The van der Waals surface area contributed by atoms with Gasteiger partial charge < -0.3 is 5.11 Å². The molecule has 0 saturated carbocycles. The second-order valence-electron chi connectivity index (χ2n) is 3.65. The first-order valence-corrected chi connectivity index (χ1v) is 6.11. The van der Waals surface area contributed by atoms with Gasteiger partial charge in [-0.1, -0.05) is 17.7 Å². The van der Waals surface area contributed by atoms with Crippen LogP contribution in [0.15, 0.2) is 29.2 Å². The van der Waals surface area contributed by atoms with Crippen LogP contribution in [0.3, 0.4) is 0 Å². The lowest BCUT2D eigenvalue weighted by Crippen LogP contribution is -2.27. The fraction of sp³-hybridized carbons (Fsp3) is 0.500. The Labute approximate surface area is 95.9 Å². The van der Waals surface area contributed by atoms with Crippen molar-refractivity contribution in [1.29, 1.82) is 0 Å². The molecule has 2 nitrogen and oxygen atoms in total. The van der Waals surface area contributed by atoms with E-state index in [1.807, 2.05) is 0 Å². The fourth-order valence-corrected chi connectivity index (χ4v) is 2.17. The molecule has 1 aromatic rings. The van der Waals surface area contributed by atoms with Gasteiger partial charge in [-0.2, -0.15) is 0 Å². The first kappa shape index (κ1) is 12.4. The van der Waals surface area contributed by atoms with Crippen molar-refractivity contribution in [1.82, 2.24) is 4.90 Å². The molecule has 0 aliphatic carbocycles. The van der Waals surface area contributed by atoms with Gasteiger partial charge >= 0.3 is 0 Å². The van der Waals surface area contributed by atoms with Crippen LogP contribution in [0.1, 0.15) is 18.7 Å². The van der Waals surface area contributed by atoms with Crippen molar-refractivity contribution >= 4 is 11.3 Å². The summed E-state index contributed by atoms with van der Waals surface area (Å²) in [5.74, 6) is 0. The minimum Gasteiger partial charge on any atom is -0.395 e. The number of rotatable bonds is 6. The van der Waals surface area contributed by atoms with Crippen LogP contribution < -0.4 is 0 Å². The number of aliphatic hydroxyl groups is 1. The monoisotopic (exact) mass is 225 g/mol. The molecule has 1 heterocycles. The Morgan fingerprint density at radius 3 is 2.93 bits per heavy atom. The quantitative estimate of drug-likeness (QED) is 0.752. The summed E-state index contributed by atoms with van der Waals surface area (Å²) in [6.07, 6.45) is 2.12. The molecule has 1 aromatic heterocycles. The van der Waals surface area contributed by atoms with Gasteiger partial charge in [-0.15, -0.1) is 11.3 Å². The van der Waals surface area contributed by atoms with Gasteiger partial charge in [0, 0.05) is 24.5 Å². The van der Waals surface area contributed by atoms with E-state index in [9.17, 15) is 0 Å². The van der Waals surface area contributed by atoms with Gasteiger partial charge in [0.15, 0.2) is 0 Å². The third-order valence-corrected chi connectivity index (χ3v) is 3.20. The number of hydrogen-bond acceptors (Lipinski definition) is 3. The van der Waals surface area contributed by atoms with Crippen molar-refractivity contribution in [3.8, 4) is 0 Å². The summed E-state index contributed by atoms with van der Waals surface area (Å²) in [5, 5.41) is 11.1. The maximum atomic E-state index is 8.99. The maximum Gasteiger partial charge on any atom is 0.0558 e. The second-order valence-corrected chi connectivity index (χ2v) is 4.68. The molecule has 0 unspecified atom stereocenters. The third kappa shape index (κ3) is 4.60. The van der Waals surface area contributed by atoms with Gasteiger partial charge in [-0.05, 0) is 25.3 Å². The molecule has 0 radical (unpaired) electrons. The van der Waals surface area contributed by atoms with Crippen molar-refractivity contribution in [2.24, 2.45) is 0 Å². The fourth-order valence-electron chi connectivity index (χ4n) is 1.42. The van der Waals surface area contributed by atoms with Gasteiger partial charge in [0.2, 0.25) is 0 Å². The zero-order valence-electron chi connectivity index (χ0n) is 9.44. The molecule has 0 atom stereocenters. The first-order valence-electron chi connectivity index (χ1n) is 5.23. The topological polar surface area (TPSA) is 23.5 Å². The van der Waals surface area contributed by atoms with E-state index in [4.69, 9.17) is 5.11 Å². The van der Waals surface area contributed by atoms with E-state index >= 15 is 0 Å². The van der Waals surface area contributed by atoms with Crippen LogP contribution in [0.2, 0.25) is 0 Å². The first-order chi connectivity index (χ1) is 7.26. The normalized spacial score (nSPS) is 12.4. The van der Waals surface area contributed by atoms with Gasteiger partial charge in [-0.25, -0.2) is 0 Å². The van der Waals surface area contributed by atoms with Crippen LogP contribution in [-0.4, -0.2) is 29.7 Å². The number of allylic oxidation sites excluding steroid dienone is 1. The third-order valence-electron chi connectivity index (χ3n) is 2.34. The highest BCUT2D eigenvalue weighted by molar-refractivity contribution is 7.09. The van der Waals surface area contributed by atoms with Gasteiger partial charge in [0.1, 0.15) is 0 Å². The van der Waals surface area contributed by atoms with Crippen molar-refractivity contribution in [3.05, 3.63) is 34.0 Å². The van der Waals surface area contributed by atoms with Crippen molar-refractivity contribution in [3.63, 3.8) is 0 Å². The molecule has 0 fully saturated rings. The highest BCUT2D eigenvalue weighted by Crippen LogP contribution is 2.12. The molecule has 0 bridgehead atoms. The average molecular weight is 225 g/mol. The standard InChI is InChI=1S/C12H19NOS/c1-3-11(2)9-13(6-7-14)10-12-5-4-8-15-12/h3-5,8,14H,6-7,9-10H2,1-2H3/b11-3+. The summed E-state index contributed by atoms with van der Waals surface area (Å²) >= 11 is 1.77. The highest BCUT2D eigenvalue weighted by Gasteiger charge is 2.06. The minimum atomic E-state index is 0.225. The lowest BCUT2D eigenvalue weighted by molar-refractivity contribution is 0.201. The predicted octanol–water partition coefficient (Wildman–Crippen LogP) is 2.51. The molecule has 0 aromatic carbocycles. The van der Waals surface area contributed by atoms with Gasteiger partial charge in [-0.3, -0.25) is 4.90 Å². The van der Waals surface area contributed by atoms with Crippen LogP contribution in [0, 0.1) is 0 Å². The van der Waals surface area contributed by atoms with E-state index < -0.39 is 0 Å². The van der Waals surface area contributed by atoms with E-state index in [-0.39, 0.29) is 6.61 Å². The molecule has 84 valence electrons. The number of thiophene rings is 1. The zero-order valence-corrected chi connectivity index (χ0v) is 10.3. The summed E-state index contributed by atoms with van der Waals surface area (Å²) in [7, 11) is 0. The van der Waals surface area contributed by atoms with Gasteiger partial charge in [0.05, 0.1) is 6.61 Å². The highest BCUT2D eigenvalue weighted by atomic mass is 32.1. The van der Waals surface area contributed by atoms with E-state index in [2.05, 4.69) is 42.3 Å². The van der Waals surface area contributed by atoms with Crippen LogP contribution >= 0.6 is 11.3 Å². The molecule has 15 heavy (non-hydrogen) atoms. The summed E-state index contributed by atoms with van der Waals surface area (Å²) in [6, 6.07) is 4.21. The Morgan fingerprint density at radius 2 is 2.40 bits per heavy atom. The molecule has 1 N–H and O–H groups in total. The Hall–Kier alpha value is -0.640. The van der Waals surface area contributed by atoms with Gasteiger partial charge in [0.25, 0.3) is 0 Å². The smallest absolute Gasteiger partial charge is 0.0558 e. The van der Waals surface area contributed by atoms with E-state index in [0.29, 0.717) is 0 Å².